The first-order valence-corrected chi connectivity index (χ1v) is 8.80. The van der Waals surface area contributed by atoms with Gasteiger partial charge in [0.15, 0.2) is 0 Å². The van der Waals surface area contributed by atoms with E-state index in [0.717, 1.165) is 36.4 Å². The molecule has 5 atom stereocenters. The minimum atomic E-state index is 0.678. The maximum Gasteiger partial charge on any atom is 0.0601 e. The standard InChI is InChI=1S/C17H28N2O/c20-18-14-10-15-5-2-6-16(11-14)19(15)17-8-12-3-1-4-13(7-12)9-17/h12-13,15-17,20H,1-11H2/t12-,13+,15?,16?,17?. The van der Waals surface area contributed by atoms with Crippen LogP contribution in [0.2, 0.25) is 0 Å². The Morgan fingerprint density at radius 3 is 2.00 bits per heavy atom. The SMILES string of the molecule is ON=C1CC2CCCC(C1)N2C1C[C@H]2CCC[C@@H](C1)C2. The van der Waals surface area contributed by atoms with Gasteiger partial charge in [0.1, 0.15) is 0 Å². The van der Waals surface area contributed by atoms with Crippen molar-refractivity contribution in [2.75, 3.05) is 0 Å². The summed E-state index contributed by atoms with van der Waals surface area (Å²) in [5, 5.41) is 12.7. The van der Waals surface area contributed by atoms with Crippen LogP contribution in [0.5, 0.6) is 0 Å². The van der Waals surface area contributed by atoms with Crippen molar-refractivity contribution >= 4 is 5.71 Å². The van der Waals surface area contributed by atoms with Gasteiger partial charge in [-0.2, -0.15) is 0 Å². The van der Waals surface area contributed by atoms with Crippen LogP contribution in [0.3, 0.4) is 0 Å². The van der Waals surface area contributed by atoms with Gasteiger partial charge in [0.2, 0.25) is 0 Å². The third-order valence-corrected chi connectivity index (χ3v) is 6.53. The Morgan fingerprint density at radius 1 is 0.800 bits per heavy atom. The second kappa shape index (κ2) is 5.32. The van der Waals surface area contributed by atoms with Crippen LogP contribution in [0.25, 0.3) is 0 Å². The van der Waals surface area contributed by atoms with Gasteiger partial charge in [-0.1, -0.05) is 30.8 Å². The molecule has 2 heterocycles. The molecule has 112 valence electrons. The number of hydrogen-bond acceptors (Lipinski definition) is 3. The molecule has 3 heteroatoms. The molecule has 4 rings (SSSR count). The van der Waals surface area contributed by atoms with Crippen LogP contribution in [0.15, 0.2) is 5.16 Å². The fraction of sp³-hybridized carbons (Fsp3) is 0.941. The van der Waals surface area contributed by atoms with Crippen molar-refractivity contribution in [2.24, 2.45) is 17.0 Å². The Balaban J connectivity index is 1.52. The molecule has 0 amide bonds. The number of oxime groups is 1. The molecule has 4 bridgehead atoms. The molecule has 2 aliphatic carbocycles. The lowest BCUT2D eigenvalue weighted by atomic mass is 9.68. The second-order valence-electron chi connectivity index (χ2n) is 7.78. The van der Waals surface area contributed by atoms with Crippen LogP contribution in [-0.4, -0.2) is 33.9 Å². The van der Waals surface area contributed by atoms with Crippen molar-refractivity contribution in [3.8, 4) is 0 Å². The Labute approximate surface area is 122 Å². The molecule has 0 spiro atoms. The smallest absolute Gasteiger partial charge is 0.0601 e. The van der Waals surface area contributed by atoms with Crippen LogP contribution in [0, 0.1) is 11.8 Å². The summed E-state index contributed by atoms with van der Waals surface area (Å²) in [6, 6.07) is 2.20. The Kier molecular flexibility index (Phi) is 3.49. The minimum absolute atomic E-state index is 0.678. The maximum atomic E-state index is 9.14. The monoisotopic (exact) mass is 276 g/mol. The zero-order valence-corrected chi connectivity index (χ0v) is 12.5. The van der Waals surface area contributed by atoms with Gasteiger partial charge in [0.05, 0.1) is 5.71 Å². The predicted octanol–water partition coefficient (Wildman–Crippen LogP) is 3.80. The van der Waals surface area contributed by atoms with Gasteiger partial charge in [-0.05, 0) is 43.9 Å². The van der Waals surface area contributed by atoms with Crippen LogP contribution in [0.4, 0.5) is 0 Å². The van der Waals surface area contributed by atoms with E-state index in [1.54, 1.807) is 0 Å². The van der Waals surface area contributed by atoms with E-state index in [-0.39, 0.29) is 0 Å². The fourth-order valence-corrected chi connectivity index (χ4v) is 5.85. The molecule has 0 aromatic carbocycles. The topological polar surface area (TPSA) is 35.8 Å². The largest absolute Gasteiger partial charge is 0.411 e. The van der Waals surface area contributed by atoms with E-state index in [0.29, 0.717) is 12.1 Å². The highest BCUT2D eigenvalue weighted by molar-refractivity contribution is 5.86. The summed E-state index contributed by atoms with van der Waals surface area (Å²) in [5.74, 6) is 2.03. The first-order valence-electron chi connectivity index (χ1n) is 8.80. The molecule has 1 N–H and O–H groups in total. The highest BCUT2D eigenvalue weighted by Gasteiger charge is 2.43. The summed E-state index contributed by atoms with van der Waals surface area (Å²) < 4.78 is 0. The molecule has 4 aliphatic rings. The van der Waals surface area contributed by atoms with E-state index in [4.69, 9.17) is 5.21 Å². The molecule has 0 radical (unpaired) electrons. The Morgan fingerprint density at radius 2 is 1.40 bits per heavy atom. The van der Waals surface area contributed by atoms with Crippen molar-refractivity contribution in [2.45, 2.75) is 88.8 Å². The third-order valence-electron chi connectivity index (χ3n) is 6.53. The Hall–Kier alpha value is -0.570. The van der Waals surface area contributed by atoms with E-state index in [2.05, 4.69) is 10.1 Å². The Bertz CT molecular complexity index is 366. The molecule has 20 heavy (non-hydrogen) atoms. The lowest BCUT2D eigenvalue weighted by Gasteiger charge is -2.53. The van der Waals surface area contributed by atoms with E-state index >= 15 is 0 Å². The van der Waals surface area contributed by atoms with E-state index < -0.39 is 0 Å². The van der Waals surface area contributed by atoms with Crippen molar-refractivity contribution < 1.29 is 5.21 Å². The van der Waals surface area contributed by atoms with Crippen LogP contribution in [-0.2, 0) is 0 Å². The van der Waals surface area contributed by atoms with Crippen molar-refractivity contribution in [3.63, 3.8) is 0 Å². The predicted molar refractivity (Wildman–Crippen MR) is 80.2 cm³/mol. The van der Waals surface area contributed by atoms with Crippen LogP contribution < -0.4 is 0 Å². The first kappa shape index (κ1) is 13.1. The van der Waals surface area contributed by atoms with E-state index in [1.807, 2.05) is 0 Å². The van der Waals surface area contributed by atoms with Crippen molar-refractivity contribution in [1.29, 1.82) is 0 Å². The van der Waals surface area contributed by atoms with Gasteiger partial charge in [-0.15, -0.1) is 0 Å². The second-order valence-corrected chi connectivity index (χ2v) is 7.78. The molecular formula is C17H28N2O. The molecule has 2 saturated heterocycles. The fourth-order valence-electron chi connectivity index (χ4n) is 5.85. The zero-order valence-electron chi connectivity index (χ0n) is 12.5. The quantitative estimate of drug-likeness (QED) is 0.584. The van der Waals surface area contributed by atoms with Gasteiger partial charge >= 0.3 is 0 Å². The van der Waals surface area contributed by atoms with Gasteiger partial charge in [-0.3, -0.25) is 4.90 Å². The highest BCUT2D eigenvalue weighted by Crippen LogP contribution is 2.45. The normalized spacial score (nSPS) is 45.2. The van der Waals surface area contributed by atoms with Crippen molar-refractivity contribution in [3.05, 3.63) is 0 Å². The van der Waals surface area contributed by atoms with E-state index in [9.17, 15) is 0 Å². The summed E-state index contributed by atoms with van der Waals surface area (Å²) in [6.07, 6.45) is 15.0. The summed E-state index contributed by atoms with van der Waals surface area (Å²) in [7, 11) is 0. The lowest BCUT2D eigenvalue weighted by molar-refractivity contribution is -0.0150. The molecule has 2 aliphatic heterocycles. The van der Waals surface area contributed by atoms with Gasteiger partial charge in [-0.25, -0.2) is 0 Å². The molecule has 0 aromatic rings. The van der Waals surface area contributed by atoms with Gasteiger partial charge in [0.25, 0.3) is 0 Å². The minimum Gasteiger partial charge on any atom is -0.411 e. The summed E-state index contributed by atoms with van der Waals surface area (Å²) in [5.41, 5.74) is 1.06. The van der Waals surface area contributed by atoms with Gasteiger partial charge in [0, 0.05) is 31.0 Å². The van der Waals surface area contributed by atoms with E-state index in [1.165, 1.54) is 57.8 Å². The van der Waals surface area contributed by atoms with Gasteiger partial charge < -0.3 is 5.21 Å². The maximum absolute atomic E-state index is 9.14. The summed E-state index contributed by atoms with van der Waals surface area (Å²) >= 11 is 0. The number of piperidine rings is 2. The average molecular weight is 276 g/mol. The lowest BCUT2D eigenvalue weighted by Crippen LogP contribution is -2.58. The molecule has 0 aromatic heterocycles. The molecule has 4 fully saturated rings. The highest BCUT2D eigenvalue weighted by atomic mass is 16.4. The summed E-state index contributed by atoms with van der Waals surface area (Å²) in [6.45, 7) is 0. The first-order chi connectivity index (χ1) is 9.83. The number of hydrogen-bond donors (Lipinski definition) is 1. The molecule has 3 unspecified atom stereocenters. The molecule has 2 saturated carbocycles. The number of fused-ring (bicyclic) bond motifs is 4. The van der Waals surface area contributed by atoms with Crippen LogP contribution >= 0.6 is 0 Å². The number of nitrogens with zero attached hydrogens (tertiary/aromatic N) is 2. The third kappa shape index (κ3) is 2.28. The number of rotatable bonds is 1. The molecular weight excluding hydrogens is 248 g/mol. The molecule has 3 nitrogen and oxygen atoms in total. The van der Waals surface area contributed by atoms with Crippen molar-refractivity contribution in [1.82, 2.24) is 4.90 Å². The zero-order chi connectivity index (χ0) is 13.5. The summed E-state index contributed by atoms with van der Waals surface area (Å²) in [4.78, 5) is 2.89. The van der Waals surface area contributed by atoms with Crippen LogP contribution in [0.1, 0.15) is 70.6 Å². The average Bonchev–Trinajstić information content (AvgIpc) is 2.45.